The van der Waals surface area contributed by atoms with Crippen LogP contribution in [0.3, 0.4) is 0 Å². The largest absolute Gasteiger partial charge is 0.493 e. The molecule has 27 heavy (non-hydrogen) atoms. The van der Waals surface area contributed by atoms with Crippen LogP contribution in [0.15, 0.2) is 34.9 Å². The second-order valence-corrected chi connectivity index (χ2v) is 6.20. The summed E-state index contributed by atoms with van der Waals surface area (Å²) in [4.78, 5) is 25.2. The lowest BCUT2D eigenvalue weighted by Crippen LogP contribution is -2.45. The molecule has 0 unspecified atom stereocenters. The molecule has 0 saturated carbocycles. The molecule has 8 heteroatoms. The van der Waals surface area contributed by atoms with E-state index in [1.807, 2.05) is 0 Å². The Morgan fingerprint density at radius 1 is 1.19 bits per heavy atom. The van der Waals surface area contributed by atoms with Gasteiger partial charge in [-0.05, 0) is 37.6 Å². The summed E-state index contributed by atoms with van der Waals surface area (Å²) in [7, 11) is 2.98. The summed E-state index contributed by atoms with van der Waals surface area (Å²) in [6.07, 6.45) is 3.31. The van der Waals surface area contributed by atoms with Gasteiger partial charge in [-0.3, -0.25) is 9.59 Å². The van der Waals surface area contributed by atoms with Gasteiger partial charge in [0.2, 0.25) is 0 Å². The van der Waals surface area contributed by atoms with E-state index in [1.54, 1.807) is 24.3 Å². The van der Waals surface area contributed by atoms with Crippen LogP contribution in [0.25, 0.3) is 0 Å². The van der Waals surface area contributed by atoms with Gasteiger partial charge in [-0.2, -0.15) is 0 Å². The number of hydrogen-bond donors (Lipinski definition) is 3. The molecule has 1 fully saturated rings. The molecule has 1 aliphatic heterocycles. The minimum atomic E-state index is -0.458. The molecule has 3 rings (SSSR count). The molecule has 0 aliphatic carbocycles. The number of amides is 2. The number of ether oxygens (including phenoxy) is 2. The molecule has 1 aromatic heterocycles. The maximum absolute atomic E-state index is 12.9. The van der Waals surface area contributed by atoms with E-state index in [9.17, 15) is 9.59 Å². The SMILES string of the molecule is COc1cc(NC(=O)c2ccco2)c(C(=O)N[C@H]2CCCNC2)cc1OC. The number of piperidine rings is 1. The van der Waals surface area contributed by atoms with Crippen LogP contribution in [-0.4, -0.2) is 45.2 Å². The molecule has 2 amide bonds. The summed E-state index contributed by atoms with van der Waals surface area (Å²) in [5, 5.41) is 8.97. The summed E-state index contributed by atoms with van der Waals surface area (Å²) >= 11 is 0. The Bertz CT molecular complexity index is 798. The molecule has 2 heterocycles. The first-order valence-corrected chi connectivity index (χ1v) is 8.75. The van der Waals surface area contributed by atoms with Crippen LogP contribution in [0.5, 0.6) is 11.5 Å². The van der Waals surface area contributed by atoms with Gasteiger partial charge in [0.25, 0.3) is 11.8 Å². The first-order chi connectivity index (χ1) is 13.1. The van der Waals surface area contributed by atoms with Gasteiger partial charge >= 0.3 is 0 Å². The average Bonchev–Trinajstić information content (AvgIpc) is 3.23. The lowest BCUT2D eigenvalue weighted by Gasteiger charge is -2.24. The molecule has 1 aromatic carbocycles. The summed E-state index contributed by atoms with van der Waals surface area (Å²) in [5.74, 6) is 0.205. The van der Waals surface area contributed by atoms with E-state index in [0.29, 0.717) is 23.7 Å². The van der Waals surface area contributed by atoms with Crippen molar-refractivity contribution in [2.75, 3.05) is 32.6 Å². The maximum Gasteiger partial charge on any atom is 0.291 e. The van der Waals surface area contributed by atoms with Crippen molar-refractivity contribution in [3.8, 4) is 11.5 Å². The van der Waals surface area contributed by atoms with Crippen LogP contribution in [0.1, 0.15) is 33.8 Å². The summed E-state index contributed by atoms with van der Waals surface area (Å²) in [6, 6.07) is 6.32. The van der Waals surface area contributed by atoms with E-state index >= 15 is 0 Å². The number of anilines is 1. The molecular formula is C19H23N3O5. The van der Waals surface area contributed by atoms with Crippen LogP contribution in [0.4, 0.5) is 5.69 Å². The van der Waals surface area contributed by atoms with E-state index in [4.69, 9.17) is 13.9 Å². The van der Waals surface area contributed by atoms with Crippen LogP contribution in [-0.2, 0) is 0 Å². The number of methoxy groups -OCH3 is 2. The average molecular weight is 373 g/mol. The van der Waals surface area contributed by atoms with Gasteiger partial charge in [0.15, 0.2) is 17.3 Å². The lowest BCUT2D eigenvalue weighted by molar-refractivity contribution is 0.0931. The van der Waals surface area contributed by atoms with Gasteiger partial charge < -0.3 is 29.8 Å². The van der Waals surface area contributed by atoms with E-state index < -0.39 is 5.91 Å². The van der Waals surface area contributed by atoms with E-state index in [1.165, 1.54) is 20.5 Å². The van der Waals surface area contributed by atoms with Crippen molar-refractivity contribution < 1.29 is 23.5 Å². The third-order valence-corrected chi connectivity index (χ3v) is 4.39. The lowest BCUT2D eigenvalue weighted by atomic mass is 10.1. The van der Waals surface area contributed by atoms with Crippen molar-refractivity contribution in [2.24, 2.45) is 0 Å². The highest BCUT2D eigenvalue weighted by Gasteiger charge is 2.22. The Labute approximate surface area is 157 Å². The number of nitrogens with one attached hydrogen (secondary N) is 3. The molecule has 0 radical (unpaired) electrons. The predicted octanol–water partition coefficient (Wildman–Crippen LogP) is 2.03. The first-order valence-electron chi connectivity index (χ1n) is 8.75. The molecular weight excluding hydrogens is 350 g/mol. The van der Waals surface area contributed by atoms with Gasteiger partial charge in [0.1, 0.15) is 0 Å². The van der Waals surface area contributed by atoms with Gasteiger partial charge in [-0.1, -0.05) is 0 Å². The Morgan fingerprint density at radius 3 is 2.59 bits per heavy atom. The van der Waals surface area contributed by atoms with Gasteiger partial charge in [0.05, 0.1) is 31.7 Å². The summed E-state index contributed by atoms with van der Waals surface area (Å²) in [5.41, 5.74) is 0.605. The minimum absolute atomic E-state index is 0.0352. The third-order valence-electron chi connectivity index (χ3n) is 4.39. The fourth-order valence-corrected chi connectivity index (χ4v) is 3.00. The van der Waals surface area contributed by atoms with Crippen molar-refractivity contribution in [1.82, 2.24) is 10.6 Å². The Kier molecular flexibility index (Phi) is 5.97. The van der Waals surface area contributed by atoms with Crippen molar-refractivity contribution in [3.05, 3.63) is 41.9 Å². The zero-order valence-corrected chi connectivity index (χ0v) is 15.3. The van der Waals surface area contributed by atoms with Gasteiger partial charge in [0, 0.05) is 18.7 Å². The van der Waals surface area contributed by atoms with Crippen molar-refractivity contribution in [1.29, 1.82) is 0 Å². The molecule has 144 valence electrons. The Hall–Kier alpha value is -3.00. The standard InChI is InChI=1S/C19H23N3O5/c1-25-16-9-13(18(23)21-12-5-3-7-20-11-12)14(10-17(16)26-2)22-19(24)15-6-4-8-27-15/h4,6,8-10,12,20H,3,5,7,11H2,1-2H3,(H,21,23)(H,22,24)/t12-/m0/s1. The smallest absolute Gasteiger partial charge is 0.291 e. The van der Waals surface area contributed by atoms with Crippen LogP contribution in [0.2, 0.25) is 0 Å². The second-order valence-electron chi connectivity index (χ2n) is 6.20. The van der Waals surface area contributed by atoms with E-state index in [2.05, 4.69) is 16.0 Å². The molecule has 8 nitrogen and oxygen atoms in total. The monoisotopic (exact) mass is 373 g/mol. The predicted molar refractivity (Wildman–Crippen MR) is 99.6 cm³/mol. The topological polar surface area (TPSA) is 102 Å². The molecule has 0 spiro atoms. The number of benzene rings is 1. The number of carbonyl (C=O) groups is 2. The quantitative estimate of drug-likeness (QED) is 0.716. The zero-order chi connectivity index (χ0) is 19.2. The van der Waals surface area contributed by atoms with Crippen molar-refractivity contribution >= 4 is 17.5 Å². The van der Waals surface area contributed by atoms with E-state index in [-0.39, 0.29) is 23.3 Å². The highest BCUT2D eigenvalue weighted by atomic mass is 16.5. The molecule has 1 saturated heterocycles. The molecule has 1 aliphatic rings. The molecule has 3 N–H and O–H groups in total. The minimum Gasteiger partial charge on any atom is -0.493 e. The zero-order valence-electron chi connectivity index (χ0n) is 15.3. The number of hydrogen-bond acceptors (Lipinski definition) is 6. The van der Waals surface area contributed by atoms with Crippen molar-refractivity contribution in [3.63, 3.8) is 0 Å². The highest BCUT2D eigenvalue weighted by molar-refractivity contribution is 6.08. The van der Waals surface area contributed by atoms with Gasteiger partial charge in [-0.15, -0.1) is 0 Å². The second kappa shape index (κ2) is 8.59. The first kappa shape index (κ1) is 18.8. The number of carbonyl (C=O) groups excluding carboxylic acids is 2. The van der Waals surface area contributed by atoms with E-state index in [0.717, 1.165) is 19.4 Å². The normalized spacial score (nSPS) is 16.4. The molecule has 2 aromatic rings. The summed E-state index contributed by atoms with van der Waals surface area (Å²) < 4.78 is 15.7. The molecule has 1 atom stereocenters. The summed E-state index contributed by atoms with van der Waals surface area (Å²) in [6.45, 7) is 1.67. The van der Waals surface area contributed by atoms with Crippen molar-refractivity contribution in [2.45, 2.75) is 18.9 Å². The number of furan rings is 1. The van der Waals surface area contributed by atoms with Crippen LogP contribution in [0, 0.1) is 0 Å². The highest BCUT2D eigenvalue weighted by Crippen LogP contribution is 2.33. The Balaban J connectivity index is 1.89. The van der Waals surface area contributed by atoms with Gasteiger partial charge in [-0.25, -0.2) is 0 Å². The fourth-order valence-electron chi connectivity index (χ4n) is 3.00. The third kappa shape index (κ3) is 4.40. The maximum atomic E-state index is 12.9. The van der Waals surface area contributed by atoms with Crippen LogP contribution < -0.4 is 25.4 Å². The fraction of sp³-hybridized carbons (Fsp3) is 0.368. The van der Waals surface area contributed by atoms with Crippen LogP contribution >= 0.6 is 0 Å². The Morgan fingerprint density at radius 2 is 1.96 bits per heavy atom. The molecule has 0 bridgehead atoms. The number of rotatable bonds is 6.